The summed E-state index contributed by atoms with van der Waals surface area (Å²) in [7, 11) is -3.57. The fourth-order valence-electron chi connectivity index (χ4n) is 2.95. The number of amides is 2. The lowest BCUT2D eigenvalue weighted by atomic mass is 10.2. The molecule has 28 heavy (non-hydrogen) atoms. The highest BCUT2D eigenvalue weighted by Crippen LogP contribution is 2.26. The Morgan fingerprint density at radius 2 is 1.93 bits per heavy atom. The summed E-state index contributed by atoms with van der Waals surface area (Å²) in [5.74, 6) is -0.576. The van der Waals surface area contributed by atoms with Crippen molar-refractivity contribution in [2.45, 2.75) is 31.6 Å². The number of anilines is 1. The minimum atomic E-state index is -3.57. The van der Waals surface area contributed by atoms with E-state index in [4.69, 9.17) is 0 Å². The highest BCUT2D eigenvalue weighted by Gasteiger charge is 2.23. The molecule has 1 aliphatic heterocycles. The second-order valence-electron chi connectivity index (χ2n) is 6.22. The van der Waals surface area contributed by atoms with Gasteiger partial charge in [0.05, 0.1) is 10.6 Å². The lowest BCUT2D eigenvalue weighted by Gasteiger charge is -2.18. The number of rotatable bonds is 6. The molecule has 2 heterocycles. The van der Waals surface area contributed by atoms with Crippen LogP contribution in [0.2, 0.25) is 0 Å². The van der Waals surface area contributed by atoms with E-state index in [2.05, 4.69) is 15.6 Å². The number of hydrogen-bond donors (Lipinski definition) is 2. The maximum Gasteiger partial charge on any atom is 0.263 e. The molecule has 0 radical (unpaired) electrons. The molecular weight excluding hydrogens is 400 g/mol. The Morgan fingerprint density at radius 1 is 1.25 bits per heavy atom. The van der Waals surface area contributed by atoms with E-state index in [1.165, 1.54) is 28.6 Å². The molecule has 0 aliphatic carbocycles. The van der Waals surface area contributed by atoms with E-state index >= 15 is 0 Å². The van der Waals surface area contributed by atoms with Crippen molar-refractivity contribution < 1.29 is 18.0 Å². The Labute approximate surface area is 168 Å². The lowest BCUT2D eigenvalue weighted by molar-refractivity contribution is 0.0958. The van der Waals surface area contributed by atoms with Crippen LogP contribution in [-0.2, 0) is 16.4 Å². The van der Waals surface area contributed by atoms with Gasteiger partial charge in [-0.1, -0.05) is 25.2 Å². The molecule has 0 fully saturated rings. The van der Waals surface area contributed by atoms with Crippen molar-refractivity contribution in [2.75, 3.05) is 25.0 Å². The number of carbonyl (C=O) groups is 2. The fraction of sp³-hybridized carbons (Fsp3) is 0.389. The van der Waals surface area contributed by atoms with Gasteiger partial charge in [0.25, 0.3) is 11.8 Å². The van der Waals surface area contributed by atoms with E-state index in [1.54, 1.807) is 13.8 Å². The van der Waals surface area contributed by atoms with Gasteiger partial charge in [-0.05, 0) is 37.1 Å². The van der Waals surface area contributed by atoms with Crippen molar-refractivity contribution >= 4 is 38.3 Å². The van der Waals surface area contributed by atoms with Gasteiger partial charge in [0.2, 0.25) is 10.0 Å². The number of carbonyl (C=O) groups excluding carboxylic acids is 2. The van der Waals surface area contributed by atoms with E-state index in [0.29, 0.717) is 47.3 Å². The number of thiazole rings is 1. The van der Waals surface area contributed by atoms with E-state index in [0.717, 1.165) is 17.8 Å². The zero-order valence-corrected chi connectivity index (χ0v) is 17.3. The molecule has 1 aliphatic rings. The highest BCUT2D eigenvalue weighted by molar-refractivity contribution is 7.89. The number of hydrogen-bond acceptors (Lipinski definition) is 6. The van der Waals surface area contributed by atoms with E-state index < -0.39 is 15.9 Å². The maximum absolute atomic E-state index is 12.5. The minimum absolute atomic E-state index is 0.144. The number of benzene rings is 1. The van der Waals surface area contributed by atoms with Gasteiger partial charge in [0.15, 0.2) is 5.13 Å². The van der Waals surface area contributed by atoms with Gasteiger partial charge in [0.1, 0.15) is 4.88 Å². The Morgan fingerprint density at radius 3 is 2.57 bits per heavy atom. The zero-order chi connectivity index (χ0) is 20.3. The van der Waals surface area contributed by atoms with Crippen LogP contribution in [0.4, 0.5) is 5.13 Å². The number of sulfonamides is 1. The molecule has 0 saturated carbocycles. The van der Waals surface area contributed by atoms with Gasteiger partial charge in [-0.2, -0.15) is 4.31 Å². The first-order chi connectivity index (χ1) is 13.4. The van der Waals surface area contributed by atoms with Crippen LogP contribution in [0.15, 0.2) is 29.2 Å². The van der Waals surface area contributed by atoms with Gasteiger partial charge in [-0.15, -0.1) is 0 Å². The van der Waals surface area contributed by atoms with Crippen molar-refractivity contribution in [1.82, 2.24) is 14.6 Å². The van der Waals surface area contributed by atoms with Gasteiger partial charge >= 0.3 is 0 Å². The Bertz CT molecular complexity index is 980. The van der Waals surface area contributed by atoms with Crippen LogP contribution in [0.25, 0.3) is 0 Å². The summed E-state index contributed by atoms with van der Waals surface area (Å²) >= 11 is 1.14. The summed E-state index contributed by atoms with van der Waals surface area (Å²) in [6.45, 7) is 4.93. The average molecular weight is 423 g/mol. The lowest BCUT2D eigenvalue weighted by Crippen LogP contribution is -2.30. The first-order valence-corrected chi connectivity index (χ1v) is 11.3. The van der Waals surface area contributed by atoms with Gasteiger partial charge < -0.3 is 5.32 Å². The molecule has 0 bridgehead atoms. The monoisotopic (exact) mass is 422 g/mol. The predicted octanol–water partition coefficient (Wildman–Crippen LogP) is 2.10. The molecule has 0 atom stereocenters. The summed E-state index contributed by atoms with van der Waals surface area (Å²) in [6, 6.07) is 5.79. The second kappa shape index (κ2) is 8.38. The molecule has 10 heteroatoms. The van der Waals surface area contributed by atoms with Crippen LogP contribution < -0.4 is 10.6 Å². The predicted molar refractivity (Wildman–Crippen MR) is 107 cm³/mol. The topological polar surface area (TPSA) is 108 Å². The van der Waals surface area contributed by atoms with Crippen molar-refractivity contribution in [3.63, 3.8) is 0 Å². The van der Waals surface area contributed by atoms with E-state index in [1.807, 2.05) is 0 Å². The van der Waals surface area contributed by atoms with Crippen LogP contribution in [0.1, 0.15) is 46.0 Å². The number of nitrogens with one attached hydrogen (secondary N) is 2. The van der Waals surface area contributed by atoms with Gasteiger partial charge in [-0.3, -0.25) is 14.9 Å². The summed E-state index contributed by atoms with van der Waals surface area (Å²) < 4.78 is 26.4. The maximum atomic E-state index is 12.5. The van der Waals surface area contributed by atoms with Crippen molar-refractivity contribution in [3.05, 3.63) is 40.4 Å². The molecule has 1 aromatic heterocycles. The van der Waals surface area contributed by atoms with Gasteiger partial charge in [-0.25, -0.2) is 13.4 Å². The fourth-order valence-corrected chi connectivity index (χ4v) is 5.33. The molecule has 150 valence electrons. The summed E-state index contributed by atoms with van der Waals surface area (Å²) in [4.78, 5) is 29.5. The Hall–Kier alpha value is -2.30. The second-order valence-corrected chi connectivity index (χ2v) is 9.16. The molecule has 0 spiro atoms. The number of aromatic nitrogens is 1. The number of fused-ring (bicyclic) bond motifs is 1. The summed E-state index contributed by atoms with van der Waals surface area (Å²) in [6.07, 6.45) is 1.48. The van der Waals surface area contributed by atoms with Gasteiger partial charge in [0, 0.05) is 25.2 Å². The first kappa shape index (κ1) is 20.4. The summed E-state index contributed by atoms with van der Waals surface area (Å²) in [5.41, 5.74) is 1.00. The molecule has 2 aromatic rings. The zero-order valence-electron chi connectivity index (χ0n) is 15.7. The number of nitrogens with zero attached hydrogens (tertiary/aromatic N) is 2. The molecule has 0 saturated heterocycles. The minimum Gasteiger partial charge on any atom is -0.351 e. The largest absolute Gasteiger partial charge is 0.351 e. The van der Waals surface area contributed by atoms with Crippen LogP contribution in [0, 0.1) is 0 Å². The highest BCUT2D eigenvalue weighted by atomic mass is 32.2. The third-order valence-electron chi connectivity index (χ3n) is 4.46. The molecule has 0 unspecified atom stereocenters. The molecule has 8 nitrogen and oxygen atoms in total. The smallest absolute Gasteiger partial charge is 0.263 e. The molecule has 2 N–H and O–H groups in total. The van der Waals surface area contributed by atoms with Crippen LogP contribution in [-0.4, -0.2) is 49.2 Å². The SMILES string of the molecule is CCN(CC)S(=O)(=O)c1ccc(C(=O)Nc2nc3c(s2)C(=O)NCCC3)cc1. The first-order valence-electron chi connectivity index (χ1n) is 9.06. The summed E-state index contributed by atoms with van der Waals surface area (Å²) in [5, 5.41) is 5.84. The third-order valence-corrected chi connectivity index (χ3v) is 7.54. The molecular formula is C18H22N4O4S2. The van der Waals surface area contributed by atoms with Crippen LogP contribution in [0.3, 0.4) is 0 Å². The number of aryl methyl sites for hydroxylation is 1. The molecule has 3 rings (SSSR count). The standard InChI is InChI=1S/C18H22N4O4S2/c1-3-22(4-2)28(25,26)13-9-7-12(8-10-13)16(23)21-18-20-14-6-5-11-19-17(24)15(14)27-18/h7-10H,3-6,11H2,1-2H3,(H,19,24)(H,20,21,23). The van der Waals surface area contributed by atoms with E-state index in [9.17, 15) is 18.0 Å². The third kappa shape index (κ3) is 4.08. The molecule has 2 amide bonds. The van der Waals surface area contributed by atoms with E-state index in [-0.39, 0.29) is 10.8 Å². The van der Waals surface area contributed by atoms with Crippen molar-refractivity contribution in [3.8, 4) is 0 Å². The normalized spacial score (nSPS) is 14.3. The Balaban J connectivity index is 1.76. The van der Waals surface area contributed by atoms with Crippen LogP contribution >= 0.6 is 11.3 Å². The van der Waals surface area contributed by atoms with Crippen molar-refractivity contribution in [1.29, 1.82) is 0 Å². The Kier molecular flexibility index (Phi) is 6.11. The molecule has 1 aromatic carbocycles. The quantitative estimate of drug-likeness (QED) is 0.741. The average Bonchev–Trinajstić information content (AvgIpc) is 3.00. The van der Waals surface area contributed by atoms with Crippen molar-refractivity contribution in [2.24, 2.45) is 0 Å². The van der Waals surface area contributed by atoms with Crippen LogP contribution in [0.5, 0.6) is 0 Å².